The first kappa shape index (κ1) is 16.9. The number of carbonyl (C=O) groups excluding carboxylic acids is 1. The van der Waals surface area contributed by atoms with Crippen LogP contribution in [0.3, 0.4) is 0 Å². The molecule has 27 heavy (non-hydrogen) atoms. The van der Waals surface area contributed by atoms with E-state index in [1.165, 1.54) is 34.8 Å². The number of fused-ring (bicyclic) bond motifs is 7. The number of para-hydroxylation sites is 1. The fraction of sp³-hybridized carbons (Fsp3) is 0.500. The normalized spacial score (nSPS) is 31.9. The molecule has 5 atom stereocenters. The quantitative estimate of drug-likeness (QED) is 0.762. The van der Waals surface area contributed by atoms with Crippen molar-refractivity contribution in [2.75, 3.05) is 13.7 Å². The van der Waals surface area contributed by atoms with Gasteiger partial charge in [0.2, 0.25) is 0 Å². The van der Waals surface area contributed by atoms with E-state index >= 15 is 0 Å². The zero-order chi connectivity index (χ0) is 18.9. The van der Waals surface area contributed by atoms with Gasteiger partial charge in [-0.05, 0) is 42.7 Å². The van der Waals surface area contributed by atoms with Crippen LogP contribution >= 0.6 is 0 Å². The molecule has 0 spiro atoms. The minimum Gasteiger partial charge on any atom is -0.466 e. The molecule has 0 unspecified atom stereocenters. The highest BCUT2D eigenvalue weighted by Gasteiger charge is 2.53. The van der Waals surface area contributed by atoms with Gasteiger partial charge >= 0.3 is 5.97 Å². The van der Waals surface area contributed by atoms with Gasteiger partial charge in [0, 0.05) is 35.3 Å². The molecule has 2 aromatic rings. The summed E-state index contributed by atoms with van der Waals surface area (Å²) in [6, 6.07) is 6.64. The number of nitrogens with zero attached hydrogens (tertiary/aromatic N) is 1. The lowest BCUT2D eigenvalue weighted by Gasteiger charge is -2.46. The Morgan fingerprint density at radius 2 is 2.19 bits per heavy atom. The molecule has 3 aliphatic rings. The second-order valence-electron chi connectivity index (χ2n) is 8.37. The fourth-order valence-corrected chi connectivity index (χ4v) is 5.76. The highest BCUT2D eigenvalue weighted by molar-refractivity contribution is 5.90. The lowest BCUT2D eigenvalue weighted by atomic mass is 9.74. The molecule has 2 N–H and O–H groups in total. The average Bonchev–Trinajstić information content (AvgIpc) is 3.19. The summed E-state index contributed by atoms with van der Waals surface area (Å²) in [4.78, 5) is 18.4. The van der Waals surface area contributed by atoms with Crippen molar-refractivity contribution in [3.8, 4) is 0 Å². The van der Waals surface area contributed by atoms with Gasteiger partial charge in [-0.25, -0.2) is 4.79 Å². The molecule has 3 heterocycles. The van der Waals surface area contributed by atoms with Crippen LogP contribution in [0.5, 0.6) is 0 Å². The summed E-state index contributed by atoms with van der Waals surface area (Å²) in [5, 5.41) is 11.9. The number of benzene rings is 1. The van der Waals surface area contributed by atoms with Crippen molar-refractivity contribution >= 4 is 16.9 Å². The van der Waals surface area contributed by atoms with Crippen LogP contribution in [-0.4, -0.2) is 40.7 Å². The van der Waals surface area contributed by atoms with Crippen molar-refractivity contribution in [3.63, 3.8) is 0 Å². The molecule has 1 saturated carbocycles. The van der Waals surface area contributed by atoms with Crippen molar-refractivity contribution in [2.45, 2.75) is 38.8 Å². The molecule has 2 aliphatic heterocycles. The Balaban J connectivity index is 1.69. The summed E-state index contributed by atoms with van der Waals surface area (Å²) in [6.45, 7) is 5.14. The van der Waals surface area contributed by atoms with Crippen LogP contribution in [0, 0.1) is 24.7 Å². The van der Waals surface area contributed by atoms with Gasteiger partial charge in [0.1, 0.15) is 0 Å². The number of aryl methyl sites for hydroxylation is 1. The third-order valence-electron chi connectivity index (χ3n) is 7.12. The molecule has 5 heteroatoms. The highest BCUT2D eigenvalue weighted by atomic mass is 16.5. The molecule has 5 nitrogen and oxygen atoms in total. The zero-order valence-electron chi connectivity index (χ0n) is 16.0. The molecule has 1 fully saturated rings. The number of nitrogens with one attached hydrogen (secondary N) is 1. The number of aromatic amines is 1. The van der Waals surface area contributed by atoms with Gasteiger partial charge in [0.15, 0.2) is 0 Å². The van der Waals surface area contributed by atoms with Gasteiger partial charge in [-0.3, -0.25) is 0 Å². The van der Waals surface area contributed by atoms with E-state index in [1.54, 1.807) is 0 Å². The van der Waals surface area contributed by atoms with E-state index in [-0.39, 0.29) is 35.9 Å². The van der Waals surface area contributed by atoms with Crippen LogP contribution in [-0.2, 0) is 16.0 Å². The number of H-pyrrole nitrogens is 1. The Hall–Kier alpha value is -2.27. The molecule has 5 rings (SSSR count). The number of rotatable bonds is 1. The number of aromatic nitrogens is 1. The van der Waals surface area contributed by atoms with Crippen LogP contribution in [0.4, 0.5) is 0 Å². The number of carbonyl (C=O) groups is 1. The Morgan fingerprint density at radius 3 is 2.96 bits per heavy atom. The summed E-state index contributed by atoms with van der Waals surface area (Å²) in [5.74, 6) is 0.117. The Morgan fingerprint density at radius 1 is 1.37 bits per heavy atom. The minimum absolute atomic E-state index is 0.0437. The predicted octanol–water partition coefficient (Wildman–Crippen LogP) is 3.08. The van der Waals surface area contributed by atoms with E-state index in [9.17, 15) is 9.90 Å². The van der Waals surface area contributed by atoms with Crippen LogP contribution in [0.1, 0.15) is 36.2 Å². The molecule has 1 aliphatic carbocycles. The number of ether oxygens (including phenoxy) is 1. The van der Waals surface area contributed by atoms with Crippen LogP contribution in [0.15, 0.2) is 30.0 Å². The maximum Gasteiger partial charge on any atom is 0.335 e. The first-order valence-electron chi connectivity index (χ1n) is 9.85. The predicted molar refractivity (Wildman–Crippen MR) is 103 cm³/mol. The van der Waals surface area contributed by atoms with E-state index in [2.05, 4.69) is 41.9 Å². The molecule has 0 amide bonds. The summed E-state index contributed by atoms with van der Waals surface area (Å²) in [5.41, 5.74) is 5.86. The summed E-state index contributed by atoms with van der Waals surface area (Å²) in [7, 11) is 1.44. The van der Waals surface area contributed by atoms with Crippen molar-refractivity contribution in [2.24, 2.45) is 17.8 Å². The van der Waals surface area contributed by atoms with Crippen LogP contribution in [0.25, 0.3) is 10.9 Å². The smallest absolute Gasteiger partial charge is 0.335 e. The number of esters is 1. The first-order chi connectivity index (χ1) is 13.0. The summed E-state index contributed by atoms with van der Waals surface area (Å²) in [6.07, 6.45) is 3.20. The van der Waals surface area contributed by atoms with Gasteiger partial charge < -0.3 is 19.7 Å². The van der Waals surface area contributed by atoms with E-state index in [1.807, 2.05) is 6.20 Å². The minimum atomic E-state index is -0.385. The number of aliphatic hydroxyl groups excluding tert-OH is 1. The number of hydrogen-bond acceptors (Lipinski definition) is 4. The van der Waals surface area contributed by atoms with Gasteiger partial charge in [0.25, 0.3) is 0 Å². The fourth-order valence-electron chi connectivity index (χ4n) is 5.76. The third-order valence-corrected chi connectivity index (χ3v) is 7.12. The third kappa shape index (κ3) is 2.24. The molecular formula is C22H26N2O3. The van der Waals surface area contributed by atoms with Gasteiger partial charge in [-0.2, -0.15) is 0 Å². The lowest BCUT2D eigenvalue weighted by Crippen LogP contribution is -2.44. The highest BCUT2D eigenvalue weighted by Crippen LogP contribution is 2.54. The Labute approximate surface area is 159 Å². The van der Waals surface area contributed by atoms with Gasteiger partial charge in [0.05, 0.1) is 24.8 Å². The Kier molecular flexibility index (Phi) is 3.66. The summed E-state index contributed by atoms with van der Waals surface area (Å²) >= 11 is 0. The molecule has 1 aromatic carbocycles. The van der Waals surface area contributed by atoms with Crippen LogP contribution < -0.4 is 0 Å². The first-order valence-corrected chi connectivity index (χ1v) is 9.85. The topological polar surface area (TPSA) is 65.6 Å². The van der Waals surface area contributed by atoms with Gasteiger partial charge in [-0.15, -0.1) is 0 Å². The SMILES string of the molecule is COC(=O)C1=CN2CCc3c([nH]c4c(C)cccc34)[C@@H]2[C@@H]2[C@@H](C)[C@@H](O)C[C@H]12. The molecular weight excluding hydrogens is 340 g/mol. The Bertz CT molecular complexity index is 960. The molecule has 0 saturated heterocycles. The second kappa shape index (κ2) is 5.86. The number of aliphatic hydroxyl groups is 1. The lowest BCUT2D eigenvalue weighted by molar-refractivity contribution is -0.137. The maximum absolute atomic E-state index is 12.4. The molecule has 0 bridgehead atoms. The van der Waals surface area contributed by atoms with Crippen molar-refractivity contribution in [3.05, 3.63) is 46.8 Å². The molecule has 0 radical (unpaired) electrons. The van der Waals surface area contributed by atoms with Gasteiger partial charge in [-0.1, -0.05) is 25.1 Å². The van der Waals surface area contributed by atoms with E-state index in [0.29, 0.717) is 6.42 Å². The number of methoxy groups -OCH3 is 1. The van der Waals surface area contributed by atoms with Crippen molar-refractivity contribution in [1.82, 2.24) is 9.88 Å². The maximum atomic E-state index is 12.4. The van der Waals surface area contributed by atoms with E-state index < -0.39 is 0 Å². The summed E-state index contributed by atoms with van der Waals surface area (Å²) < 4.78 is 5.06. The largest absolute Gasteiger partial charge is 0.466 e. The van der Waals surface area contributed by atoms with Crippen molar-refractivity contribution in [1.29, 1.82) is 0 Å². The van der Waals surface area contributed by atoms with Crippen LogP contribution in [0.2, 0.25) is 0 Å². The average molecular weight is 366 g/mol. The van der Waals surface area contributed by atoms with Crippen molar-refractivity contribution < 1.29 is 14.6 Å². The number of hydrogen-bond donors (Lipinski definition) is 2. The standard InChI is InChI=1S/C22H26N2O3/c1-11-5-4-6-13-14-7-8-24-10-16(22(26)27-3)15-9-17(25)12(2)18(15)21(24)20(14)23-19(11)13/h4-6,10,12,15,17-18,21,23,25H,7-9H2,1-3H3/t12-,15+,17-,18+,21-/m0/s1. The molecule has 1 aromatic heterocycles. The second-order valence-corrected chi connectivity index (χ2v) is 8.37. The zero-order valence-corrected chi connectivity index (χ0v) is 16.0. The van der Waals surface area contributed by atoms with E-state index in [0.717, 1.165) is 18.5 Å². The monoisotopic (exact) mass is 366 g/mol. The molecule has 142 valence electrons. The van der Waals surface area contributed by atoms with E-state index in [4.69, 9.17) is 4.74 Å².